The minimum Gasteiger partial charge on any atom is -0.355 e. The number of anilines is 2. The number of halogens is 4. The molecule has 29 heavy (non-hydrogen) atoms. The Labute approximate surface area is 172 Å². The van der Waals surface area contributed by atoms with Crippen molar-refractivity contribution in [2.45, 2.75) is 25.6 Å². The molecule has 0 unspecified atom stereocenters. The summed E-state index contributed by atoms with van der Waals surface area (Å²) < 4.78 is 38.1. The van der Waals surface area contributed by atoms with E-state index in [-0.39, 0.29) is 11.9 Å². The summed E-state index contributed by atoms with van der Waals surface area (Å²) in [7, 11) is 0. The molecule has 1 aliphatic heterocycles. The van der Waals surface area contributed by atoms with Crippen molar-refractivity contribution in [3.63, 3.8) is 0 Å². The molecular formula is C20H22ClF3N4O. The molecule has 1 aliphatic rings. The first-order valence-electron chi connectivity index (χ1n) is 9.33. The topological polar surface area (TPSA) is 48.5 Å². The Morgan fingerprint density at radius 2 is 1.83 bits per heavy atom. The summed E-state index contributed by atoms with van der Waals surface area (Å²) in [5.74, 6) is 0.395. The van der Waals surface area contributed by atoms with Gasteiger partial charge in [-0.25, -0.2) is 4.98 Å². The minimum absolute atomic E-state index is 0.117. The number of alkyl halides is 3. The Morgan fingerprint density at radius 3 is 2.45 bits per heavy atom. The van der Waals surface area contributed by atoms with Crippen molar-refractivity contribution < 1.29 is 18.0 Å². The molecule has 2 heterocycles. The largest absolute Gasteiger partial charge is 0.417 e. The van der Waals surface area contributed by atoms with Crippen molar-refractivity contribution in [1.29, 1.82) is 0 Å². The van der Waals surface area contributed by atoms with Gasteiger partial charge in [0.25, 0.3) is 0 Å². The van der Waals surface area contributed by atoms with Gasteiger partial charge in [0.2, 0.25) is 5.91 Å². The van der Waals surface area contributed by atoms with E-state index in [0.717, 1.165) is 18.7 Å². The van der Waals surface area contributed by atoms with Crippen LogP contribution in [0.15, 0.2) is 42.6 Å². The van der Waals surface area contributed by atoms with Crippen LogP contribution in [0.1, 0.15) is 18.9 Å². The zero-order chi connectivity index (χ0) is 21.0. The van der Waals surface area contributed by atoms with Gasteiger partial charge in [0.15, 0.2) is 0 Å². The number of carbonyl (C=O) groups excluding carboxylic acids is 1. The highest BCUT2D eigenvalue weighted by molar-refractivity contribution is 6.30. The SMILES string of the molecule is C[C@H](C(=O)Nc1ccc(Cl)cc1)N1CCCN(c2ccc(C(F)(F)F)cn2)CC1. The number of benzene rings is 1. The Hall–Kier alpha value is -2.32. The molecule has 1 saturated heterocycles. The van der Waals surface area contributed by atoms with Gasteiger partial charge in [-0.05, 0) is 49.7 Å². The lowest BCUT2D eigenvalue weighted by atomic mass is 10.2. The molecule has 0 aliphatic carbocycles. The lowest BCUT2D eigenvalue weighted by molar-refractivity contribution is -0.137. The summed E-state index contributed by atoms with van der Waals surface area (Å²) in [5, 5.41) is 3.48. The van der Waals surface area contributed by atoms with Crippen molar-refractivity contribution in [3.05, 3.63) is 53.2 Å². The lowest BCUT2D eigenvalue weighted by Gasteiger charge is -2.27. The van der Waals surface area contributed by atoms with Crippen LogP contribution in [0.3, 0.4) is 0 Å². The van der Waals surface area contributed by atoms with Gasteiger partial charge < -0.3 is 10.2 Å². The number of nitrogens with zero attached hydrogens (tertiary/aromatic N) is 3. The number of amides is 1. The van der Waals surface area contributed by atoms with Gasteiger partial charge in [-0.2, -0.15) is 13.2 Å². The fraction of sp³-hybridized carbons (Fsp3) is 0.400. The maximum atomic E-state index is 12.7. The molecule has 9 heteroatoms. The monoisotopic (exact) mass is 426 g/mol. The molecule has 0 spiro atoms. The zero-order valence-corrected chi connectivity index (χ0v) is 16.7. The Kier molecular flexibility index (Phi) is 6.64. The average molecular weight is 427 g/mol. The van der Waals surface area contributed by atoms with E-state index >= 15 is 0 Å². The van der Waals surface area contributed by atoms with Gasteiger partial charge in [-0.1, -0.05) is 11.6 Å². The molecule has 0 bridgehead atoms. The third-order valence-corrected chi connectivity index (χ3v) is 5.22. The molecule has 156 valence electrons. The number of carbonyl (C=O) groups is 1. The van der Waals surface area contributed by atoms with Crippen LogP contribution in [0.5, 0.6) is 0 Å². The highest BCUT2D eigenvalue weighted by atomic mass is 35.5. The molecule has 0 radical (unpaired) electrons. The molecule has 1 amide bonds. The van der Waals surface area contributed by atoms with Crippen LogP contribution < -0.4 is 10.2 Å². The zero-order valence-electron chi connectivity index (χ0n) is 15.9. The maximum absolute atomic E-state index is 12.7. The van der Waals surface area contributed by atoms with Crippen LogP contribution in [-0.4, -0.2) is 48.0 Å². The first kappa shape index (κ1) is 21.4. The van der Waals surface area contributed by atoms with Crippen molar-refractivity contribution >= 4 is 29.0 Å². The van der Waals surface area contributed by atoms with Crippen LogP contribution in [0.2, 0.25) is 5.02 Å². The van der Waals surface area contributed by atoms with Gasteiger partial charge in [-0.15, -0.1) is 0 Å². The van der Waals surface area contributed by atoms with Crippen LogP contribution in [-0.2, 0) is 11.0 Å². The van der Waals surface area contributed by atoms with E-state index in [4.69, 9.17) is 11.6 Å². The van der Waals surface area contributed by atoms with Crippen molar-refractivity contribution in [2.24, 2.45) is 0 Å². The van der Waals surface area contributed by atoms with Crippen LogP contribution >= 0.6 is 11.6 Å². The molecule has 1 aromatic carbocycles. The number of hydrogen-bond donors (Lipinski definition) is 1. The van der Waals surface area contributed by atoms with E-state index in [1.54, 1.807) is 24.3 Å². The second-order valence-electron chi connectivity index (χ2n) is 6.95. The van der Waals surface area contributed by atoms with E-state index in [1.165, 1.54) is 6.07 Å². The first-order valence-corrected chi connectivity index (χ1v) is 9.70. The minimum atomic E-state index is -4.39. The predicted molar refractivity (Wildman–Crippen MR) is 107 cm³/mol. The standard InChI is InChI=1S/C20H22ClF3N4O/c1-14(19(29)26-17-6-4-16(21)5-7-17)27-9-2-10-28(12-11-27)18-8-3-15(13-25-18)20(22,23)24/h3-8,13-14H,2,9-12H2,1H3,(H,26,29)/t14-/m1/s1. The molecular weight excluding hydrogens is 405 g/mol. The van der Waals surface area contributed by atoms with Crippen LogP contribution in [0.25, 0.3) is 0 Å². The van der Waals surface area contributed by atoms with Gasteiger partial charge in [0, 0.05) is 43.1 Å². The second-order valence-corrected chi connectivity index (χ2v) is 7.39. The summed E-state index contributed by atoms with van der Waals surface area (Å²) >= 11 is 5.86. The Morgan fingerprint density at radius 1 is 1.10 bits per heavy atom. The summed E-state index contributed by atoms with van der Waals surface area (Å²) in [4.78, 5) is 20.6. The third kappa shape index (κ3) is 5.61. The lowest BCUT2D eigenvalue weighted by Crippen LogP contribution is -2.44. The van der Waals surface area contributed by atoms with Gasteiger partial charge in [-0.3, -0.25) is 9.69 Å². The molecule has 1 N–H and O–H groups in total. The van der Waals surface area contributed by atoms with Gasteiger partial charge >= 0.3 is 6.18 Å². The van der Waals surface area contributed by atoms with Crippen molar-refractivity contribution in [2.75, 3.05) is 36.4 Å². The number of aromatic nitrogens is 1. The van der Waals surface area contributed by atoms with Crippen molar-refractivity contribution in [3.8, 4) is 0 Å². The number of rotatable bonds is 4. The Balaban J connectivity index is 1.58. The average Bonchev–Trinajstić information content (AvgIpc) is 2.95. The summed E-state index contributed by atoms with van der Waals surface area (Å²) in [5.41, 5.74) is -0.0816. The fourth-order valence-electron chi connectivity index (χ4n) is 3.24. The molecule has 5 nitrogen and oxygen atoms in total. The van der Waals surface area contributed by atoms with Gasteiger partial charge in [0.1, 0.15) is 5.82 Å². The van der Waals surface area contributed by atoms with E-state index in [1.807, 2.05) is 11.8 Å². The van der Waals surface area contributed by atoms with Crippen molar-refractivity contribution in [1.82, 2.24) is 9.88 Å². The quantitative estimate of drug-likeness (QED) is 0.792. The second kappa shape index (κ2) is 9.00. The number of hydrogen-bond acceptors (Lipinski definition) is 4. The highest BCUT2D eigenvalue weighted by Gasteiger charge is 2.31. The third-order valence-electron chi connectivity index (χ3n) is 4.97. The summed E-state index contributed by atoms with van der Waals surface area (Å²) in [6, 6.07) is 9.01. The van der Waals surface area contributed by atoms with E-state index in [9.17, 15) is 18.0 Å². The summed E-state index contributed by atoms with van der Waals surface area (Å²) in [6.07, 6.45) is -2.75. The molecule has 1 aromatic heterocycles. The van der Waals surface area contributed by atoms with Crippen LogP contribution in [0, 0.1) is 0 Å². The number of pyridine rings is 1. The molecule has 0 saturated carbocycles. The highest BCUT2D eigenvalue weighted by Crippen LogP contribution is 2.29. The van der Waals surface area contributed by atoms with E-state index < -0.39 is 11.7 Å². The Bertz CT molecular complexity index is 827. The number of nitrogens with one attached hydrogen (secondary N) is 1. The molecule has 3 rings (SSSR count). The van der Waals surface area contributed by atoms with E-state index in [2.05, 4.69) is 15.2 Å². The summed E-state index contributed by atoms with van der Waals surface area (Å²) in [6.45, 7) is 4.42. The van der Waals surface area contributed by atoms with E-state index in [0.29, 0.717) is 42.7 Å². The molecule has 1 fully saturated rings. The molecule has 2 aromatic rings. The fourth-order valence-corrected chi connectivity index (χ4v) is 3.37. The first-order chi connectivity index (χ1) is 13.7. The van der Waals surface area contributed by atoms with Crippen LogP contribution in [0.4, 0.5) is 24.7 Å². The maximum Gasteiger partial charge on any atom is 0.417 e. The normalized spacial score (nSPS) is 16.9. The van der Waals surface area contributed by atoms with Gasteiger partial charge in [0.05, 0.1) is 11.6 Å². The predicted octanol–water partition coefficient (Wildman–Crippen LogP) is 4.29. The smallest absolute Gasteiger partial charge is 0.355 e. The molecule has 1 atom stereocenters.